The quantitative estimate of drug-likeness (QED) is 0.828. The van der Waals surface area contributed by atoms with Crippen molar-refractivity contribution in [2.75, 3.05) is 0 Å². The molecule has 5 nitrogen and oxygen atoms in total. The molecule has 6 heteroatoms. The van der Waals surface area contributed by atoms with E-state index >= 15 is 0 Å². The van der Waals surface area contributed by atoms with Gasteiger partial charge in [-0.05, 0) is 21.8 Å². The molecule has 0 aliphatic rings. The van der Waals surface area contributed by atoms with E-state index in [1.807, 2.05) is 13.8 Å². The highest BCUT2D eigenvalue weighted by Gasteiger charge is 2.16. The smallest absolute Gasteiger partial charge is 0.258 e. The van der Waals surface area contributed by atoms with Gasteiger partial charge in [-0.3, -0.25) is 4.79 Å². The van der Waals surface area contributed by atoms with Crippen molar-refractivity contribution in [3.63, 3.8) is 0 Å². The summed E-state index contributed by atoms with van der Waals surface area (Å²) in [6, 6.07) is 0. The van der Waals surface area contributed by atoms with Crippen molar-refractivity contribution in [2.45, 2.75) is 19.8 Å². The summed E-state index contributed by atoms with van der Waals surface area (Å²) in [5.41, 5.74) is 0.524. The number of aromatic hydroxyl groups is 1. The average molecular weight is 272 g/mol. The average Bonchev–Trinajstić information content (AvgIpc) is 2.47. The van der Waals surface area contributed by atoms with Crippen LogP contribution in [0.2, 0.25) is 0 Å². The lowest BCUT2D eigenvalue weighted by Gasteiger charge is -2.07. The third-order valence-corrected chi connectivity index (χ3v) is 2.80. The maximum atomic E-state index is 11.7. The number of H-pyrrole nitrogens is 1. The first-order valence-corrected chi connectivity index (χ1v) is 5.30. The highest BCUT2D eigenvalue weighted by molar-refractivity contribution is 9.10. The zero-order valence-electron chi connectivity index (χ0n) is 8.28. The fraction of sp³-hybridized carbons (Fsp3) is 0.333. The second-order valence-corrected chi connectivity index (χ2v) is 4.45. The van der Waals surface area contributed by atoms with E-state index in [1.165, 1.54) is 10.7 Å². The molecule has 0 amide bonds. The molecule has 0 spiro atoms. The fourth-order valence-electron chi connectivity index (χ4n) is 1.51. The van der Waals surface area contributed by atoms with Gasteiger partial charge in [-0.2, -0.15) is 9.61 Å². The van der Waals surface area contributed by atoms with E-state index < -0.39 is 0 Å². The Kier molecular flexibility index (Phi) is 2.30. The zero-order valence-corrected chi connectivity index (χ0v) is 9.87. The Labute approximate surface area is 93.9 Å². The van der Waals surface area contributed by atoms with Crippen LogP contribution in [0.5, 0.6) is 5.88 Å². The normalized spacial score (nSPS) is 11.5. The maximum absolute atomic E-state index is 11.7. The van der Waals surface area contributed by atoms with Crippen LogP contribution in [0.25, 0.3) is 5.65 Å². The molecule has 0 atom stereocenters. The van der Waals surface area contributed by atoms with Crippen LogP contribution < -0.4 is 5.56 Å². The Balaban J connectivity index is 2.92. The SMILES string of the molecule is CC(C)c1c(O)n2ncc(Br)c2[nH]c1=O. The third-order valence-electron chi connectivity index (χ3n) is 2.22. The largest absolute Gasteiger partial charge is 0.493 e. The minimum atomic E-state index is -0.281. The Morgan fingerprint density at radius 3 is 2.87 bits per heavy atom. The molecule has 2 aromatic heterocycles. The first kappa shape index (κ1) is 10.2. The summed E-state index contributed by atoms with van der Waals surface area (Å²) >= 11 is 3.23. The van der Waals surface area contributed by atoms with E-state index in [0.29, 0.717) is 15.7 Å². The van der Waals surface area contributed by atoms with Crippen LogP contribution in [-0.4, -0.2) is 19.7 Å². The van der Waals surface area contributed by atoms with E-state index in [-0.39, 0.29) is 17.4 Å². The van der Waals surface area contributed by atoms with Gasteiger partial charge in [0.1, 0.15) is 0 Å². The summed E-state index contributed by atoms with van der Waals surface area (Å²) in [5.74, 6) is -0.157. The molecule has 2 heterocycles. The molecular formula is C9H10BrN3O2. The number of hydrogen-bond acceptors (Lipinski definition) is 3. The number of hydrogen-bond donors (Lipinski definition) is 2. The first-order chi connectivity index (χ1) is 7.02. The van der Waals surface area contributed by atoms with Crippen LogP contribution >= 0.6 is 15.9 Å². The molecule has 0 aliphatic carbocycles. The van der Waals surface area contributed by atoms with Gasteiger partial charge in [0.2, 0.25) is 5.88 Å². The van der Waals surface area contributed by atoms with Crippen molar-refractivity contribution in [1.82, 2.24) is 14.6 Å². The predicted molar refractivity (Wildman–Crippen MR) is 59.3 cm³/mol. The Bertz CT molecular complexity index is 570. The molecule has 0 radical (unpaired) electrons. The number of nitrogens with zero attached hydrogens (tertiary/aromatic N) is 2. The summed E-state index contributed by atoms with van der Waals surface area (Å²) in [5, 5.41) is 13.8. The van der Waals surface area contributed by atoms with Crippen molar-refractivity contribution in [2.24, 2.45) is 0 Å². The van der Waals surface area contributed by atoms with Crippen molar-refractivity contribution >= 4 is 21.6 Å². The molecule has 2 aromatic rings. The maximum Gasteiger partial charge on any atom is 0.258 e. The van der Waals surface area contributed by atoms with Gasteiger partial charge in [-0.25, -0.2) is 0 Å². The van der Waals surface area contributed by atoms with Crippen LogP contribution in [0.1, 0.15) is 25.3 Å². The molecular weight excluding hydrogens is 262 g/mol. The molecule has 0 saturated heterocycles. The molecule has 0 bridgehead atoms. The van der Waals surface area contributed by atoms with Crippen LogP contribution in [0.3, 0.4) is 0 Å². The van der Waals surface area contributed by atoms with Crippen LogP contribution in [0.15, 0.2) is 15.5 Å². The van der Waals surface area contributed by atoms with Gasteiger partial charge in [-0.1, -0.05) is 13.8 Å². The molecule has 0 aliphatic heterocycles. The first-order valence-electron chi connectivity index (χ1n) is 4.50. The van der Waals surface area contributed by atoms with Crippen molar-refractivity contribution < 1.29 is 5.11 Å². The lowest BCUT2D eigenvalue weighted by molar-refractivity contribution is 0.423. The summed E-state index contributed by atoms with van der Waals surface area (Å²) in [7, 11) is 0. The monoisotopic (exact) mass is 271 g/mol. The van der Waals surface area contributed by atoms with Crippen LogP contribution in [0.4, 0.5) is 0 Å². The Hall–Kier alpha value is -1.30. The minimum absolute atomic E-state index is 0.0545. The third kappa shape index (κ3) is 1.45. The zero-order chi connectivity index (χ0) is 11.2. The van der Waals surface area contributed by atoms with Crippen LogP contribution in [-0.2, 0) is 0 Å². The summed E-state index contributed by atoms with van der Waals surface area (Å²) < 4.78 is 1.95. The number of rotatable bonds is 1. The van der Waals surface area contributed by atoms with E-state index in [2.05, 4.69) is 26.0 Å². The molecule has 80 valence electrons. The van der Waals surface area contributed by atoms with Gasteiger partial charge in [0.05, 0.1) is 16.2 Å². The second kappa shape index (κ2) is 3.37. The number of nitrogens with one attached hydrogen (secondary N) is 1. The van der Waals surface area contributed by atoms with Gasteiger partial charge in [0, 0.05) is 0 Å². The minimum Gasteiger partial charge on any atom is -0.493 e. The Morgan fingerprint density at radius 1 is 1.60 bits per heavy atom. The van der Waals surface area contributed by atoms with Gasteiger partial charge in [0.25, 0.3) is 5.56 Å². The van der Waals surface area contributed by atoms with E-state index in [1.54, 1.807) is 0 Å². The van der Waals surface area contributed by atoms with Crippen molar-refractivity contribution in [3.05, 3.63) is 26.6 Å². The van der Waals surface area contributed by atoms with Crippen LogP contribution in [0, 0.1) is 0 Å². The van der Waals surface area contributed by atoms with Gasteiger partial charge < -0.3 is 10.1 Å². The summed E-state index contributed by atoms with van der Waals surface area (Å²) in [4.78, 5) is 14.3. The number of aromatic amines is 1. The number of aromatic nitrogens is 3. The standard InChI is InChI=1S/C9H10BrN3O2/c1-4(2)6-8(14)12-7-5(10)3-11-13(7)9(6)15/h3-4,15H,1-2H3,(H,12,14). The van der Waals surface area contributed by atoms with Crippen molar-refractivity contribution in [1.29, 1.82) is 0 Å². The highest BCUT2D eigenvalue weighted by Crippen LogP contribution is 2.24. The van der Waals surface area contributed by atoms with E-state index in [4.69, 9.17) is 0 Å². The summed E-state index contributed by atoms with van der Waals surface area (Å²) in [6.45, 7) is 3.68. The summed E-state index contributed by atoms with van der Waals surface area (Å²) in [6.07, 6.45) is 1.52. The van der Waals surface area contributed by atoms with Gasteiger partial charge in [0.15, 0.2) is 5.65 Å². The predicted octanol–water partition coefficient (Wildman–Crippen LogP) is 1.61. The number of fused-ring (bicyclic) bond motifs is 1. The number of halogens is 1. The van der Waals surface area contributed by atoms with Gasteiger partial charge >= 0.3 is 0 Å². The molecule has 0 fully saturated rings. The lowest BCUT2D eigenvalue weighted by atomic mass is 10.1. The fourth-order valence-corrected chi connectivity index (χ4v) is 1.87. The van der Waals surface area contributed by atoms with E-state index in [9.17, 15) is 9.90 Å². The second-order valence-electron chi connectivity index (χ2n) is 3.60. The lowest BCUT2D eigenvalue weighted by Crippen LogP contribution is -2.16. The molecule has 0 aromatic carbocycles. The molecule has 2 N–H and O–H groups in total. The molecule has 15 heavy (non-hydrogen) atoms. The van der Waals surface area contributed by atoms with Crippen molar-refractivity contribution in [3.8, 4) is 5.88 Å². The van der Waals surface area contributed by atoms with E-state index in [0.717, 1.165) is 0 Å². The molecule has 2 rings (SSSR count). The van der Waals surface area contributed by atoms with Gasteiger partial charge in [-0.15, -0.1) is 0 Å². The highest BCUT2D eigenvalue weighted by atomic mass is 79.9. The molecule has 0 unspecified atom stereocenters. The topological polar surface area (TPSA) is 70.4 Å². The Morgan fingerprint density at radius 2 is 2.27 bits per heavy atom. The molecule has 0 saturated carbocycles.